The van der Waals surface area contributed by atoms with Crippen LogP contribution < -0.4 is 5.56 Å². The Bertz CT molecular complexity index is 1200. The fourth-order valence-corrected chi connectivity index (χ4v) is 3.73. The summed E-state index contributed by atoms with van der Waals surface area (Å²) in [6.07, 6.45) is 0. The molecule has 0 radical (unpaired) electrons. The molecule has 0 fully saturated rings. The first-order valence-electron chi connectivity index (χ1n) is 8.28. The van der Waals surface area contributed by atoms with Crippen LogP contribution in [0.25, 0.3) is 22.3 Å². The second-order valence-electron chi connectivity index (χ2n) is 6.04. The molecular weight excluding hydrogens is 365 g/mol. The normalized spacial score (nSPS) is 11.2. The molecule has 136 valence electrons. The maximum Gasteiger partial charge on any atom is 0.261 e. The van der Waals surface area contributed by atoms with Crippen molar-refractivity contribution in [3.63, 3.8) is 0 Å². The highest BCUT2D eigenvalue weighted by atomic mass is 32.2. The van der Waals surface area contributed by atoms with Gasteiger partial charge in [0.2, 0.25) is 0 Å². The van der Waals surface area contributed by atoms with Crippen LogP contribution in [0.15, 0.2) is 58.5 Å². The summed E-state index contributed by atoms with van der Waals surface area (Å²) in [6, 6.07) is 13.7. The minimum absolute atomic E-state index is 0.0822. The van der Waals surface area contributed by atoms with Gasteiger partial charge in [0.1, 0.15) is 11.6 Å². The molecule has 8 heteroatoms. The van der Waals surface area contributed by atoms with E-state index in [0.717, 1.165) is 0 Å². The van der Waals surface area contributed by atoms with Crippen LogP contribution >= 0.6 is 11.8 Å². The molecule has 6 nitrogen and oxygen atoms in total. The fourth-order valence-electron chi connectivity index (χ4n) is 2.84. The number of nitrogens with zero attached hydrogens (tertiary/aromatic N) is 5. The molecule has 0 unspecified atom stereocenters. The number of hydrogen-bond acceptors (Lipinski definition) is 5. The van der Waals surface area contributed by atoms with Crippen molar-refractivity contribution in [2.75, 3.05) is 0 Å². The van der Waals surface area contributed by atoms with Gasteiger partial charge in [-0.15, -0.1) is 10.2 Å². The SMILES string of the molecule is Cn1c(SCc2nc3ccccc3c(=O)n2C)nnc1-c1ccccc1F. The first-order chi connectivity index (χ1) is 13.1. The molecule has 0 aliphatic heterocycles. The Morgan fingerprint density at radius 1 is 1.00 bits per heavy atom. The highest BCUT2D eigenvalue weighted by Gasteiger charge is 2.15. The Hall–Kier alpha value is -3.00. The molecule has 0 N–H and O–H groups in total. The third-order valence-electron chi connectivity index (χ3n) is 4.36. The van der Waals surface area contributed by atoms with E-state index in [1.807, 2.05) is 18.2 Å². The third kappa shape index (κ3) is 3.12. The monoisotopic (exact) mass is 381 g/mol. The number of hydrogen-bond donors (Lipinski definition) is 0. The molecule has 2 aromatic carbocycles. The number of aromatic nitrogens is 5. The summed E-state index contributed by atoms with van der Waals surface area (Å²) in [5.41, 5.74) is 0.984. The molecule has 0 saturated carbocycles. The topological polar surface area (TPSA) is 65.6 Å². The van der Waals surface area contributed by atoms with Gasteiger partial charge in [0.25, 0.3) is 5.56 Å². The zero-order valence-corrected chi connectivity index (χ0v) is 15.6. The maximum absolute atomic E-state index is 14.0. The molecule has 2 heterocycles. The average molecular weight is 381 g/mol. The number of rotatable bonds is 4. The molecule has 4 rings (SSSR count). The van der Waals surface area contributed by atoms with E-state index < -0.39 is 0 Å². The molecule has 0 atom stereocenters. The Morgan fingerprint density at radius 2 is 1.74 bits per heavy atom. The van der Waals surface area contributed by atoms with Gasteiger partial charge >= 0.3 is 0 Å². The summed E-state index contributed by atoms with van der Waals surface area (Å²) in [7, 11) is 3.50. The van der Waals surface area contributed by atoms with E-state index in [2.05, 4.69) is 15.2 Å². The lowest BCUT2D eigenvalue weighted by Gasteiger charge is -2.09. The van der Waals surface area contributed by atoms with Crippen LogP contribution in [-0.2, 0) is 19.8 Å². The van der Waals surface area contributed by atoms with Crippen molar-refractivity contribution in [1.82, 2.24) is 24.3 Å². The molecule has 0 aliphatic carbocycles. The van der Waals surface area contributed by atoms with E-state index in [1.54, 1.807) is 47.5 Å². The average Bonchev–Trinajstić information content (AvgIpc) is 3.04. The summed E-state index contributed by atoms with van der Waals surface area (Å²) in [6.45, 7) is 0. The van der Waals surface area contributed by atoms with Gasteiger partial charge in [-0.25, -0.2) is 9.37 Å². The zero-order chi connectivity index (χ0) is 19.0. The molecule has 0 bridgehead atoms. The zero-order valence-electron chi connectivity index (χ0n) is 14.8. The van der Waals surface area contributed by atoms with Crippen LogP contribution in [0.4, 0.5) is 4.39 Å². The highest BCUT2D eigenvalue weighted by Crippen LogP contribution is 2.26. The van der Waals surface area contributed by atoms with Gasteiger partial charge in [-0.2, -0.15) is 0 Å². The smallest absolute Gasteiger partial charge is 0.261 e. The molecule has 27 heavy (non-hydrogen) atoms. The van der Waals surface area contributed by atoms with Crippen LogP contribution in [-0.4, -0.2) is 24.3 Å². The first kappa shape index (κ1) is 17.4. The summed E-state index contributed by atoms with van der Waals surface area (Å²) >= 11 is 1.40. The van der Waals surface area contributed by atoms with Crippen molar-refractivity contribution in [2.24, 2.45) is 14.1 Å². The molecule has 0 saturated heterocycles. The van der Waals surface area contributed by atoms with Crippen LogP contribution in [0.5, 0.6) is 0 Å². The van der Waals surface area contributed by atoms with E-state index in [0.29, 0.717) is 39.0 Å². The molecular formula is C19H16FN5OS. The largest absolute Gasteiger partial charge is 0.305 e. The molecule has 0 amide bonds. The Morgan fingerprint density at radius 3 is 2.56 bits per heavy atom. The molecule has 2 aromatic heterocycles. The third-order valence-corrected chi connectivity index (χ3v) is 5.37. The van der Waals surface area contributed by atoms with E-state index in [9.17, 15) is 9.18 Å². The second kappa shape index (κ2) is 6.96. The lowest BCUT2D eigenvalue weighted by atomic mass is 10.2. The van der Waals surface area contributed by atoms with Crippen molar-refractivity contribution < 1.29 is 4.39 Å². The van der Waals surface area contributed by atoms with Crippen molar-refractivity contribution in [1.29, 1.82) is 0 Å². The van der Waals surface area contributed by atoms with E-state index in [4.69, 9.17) is 0 Å². The predicted octanol–water partition coefficient (Wildman–Crippen LogP) is 3.16. The van der Waals surface area contributed by atoms with Gasteiger partial charge in [0.05, 0.1) is 22.2 Å². The van der Waals surface area contributed by atoms with Gasteiger partial charge in [-0.3, -0.25) is 9.36 Å². The van der Waals surface area contributed by atoms with Gasteiger partial charge in [0.15, 0.2) is 11.0 Å². The van der Waals surface area contributed by atoms with Gasteiger partial charge in [-0.05, 0) is 24.3 Å². The summed E-state index contributed by atoms with van der Waals surface area (Å²) < 4.78 is 17.3. The van der Waals surface area contributed by atoms with Crippen LogP contribution in [0.3, 0.4) is 0 Å². The van der Waals surface area contributed by atoms with Crippen molar-refractivity contribution in [2.45, 2.75) is 10.9 Å². The van der Waals surface area contributed by atoms with Crippen LogP contribution in [0.2, 0.25) is 0 Å². The number of thioether (sulfide) groups is 1. The van der Waals surface area contributed by atoms with Gasteiger partial charge in [-0.1, -0.05) is 36.0 Å². The minimum atomic E-state index is -0.344. The lowest BCUT2D eigenvalue weighted by Crippen LogP contribution is -2.21. The van der Waals surface area contributed by atoms with Gasteiger partial charge < -0.3 is 4.57 Å². The summed E-state index contributed by atoms with van der Waals surface area (Å²) in [5, 5.41) is 9.48. The van der Waals surface area contributed by atoms with Crippen LogP contribution in [0, 0.1) is 5.82 Å². The minimum Gasteiger partial charge on any atom is -0.305 e. The van der Waals surface area contributed by atoms with Crippen LogP contribution in [0.1, 0.15) is 5.82 Å². The number of halogens is 1. The summed E-state index contributed by atoms with van der Waals surface area (Å²) in [5.74, 6) is 1.19. The number of benzene rings is 2. The highest BCUT2D eigenvalue weighted by molar-refractivity contribution is 7.98. The number of para-hydroxylation sites is 1. The van der Waals surface area contributed by atoms with E-state index in [-0.39, 0.29) is 11.4 Å². The van der Waals surface area contributed by atoms with E-state index in [1.165, 1.54) is 17.8 Å². The molecule has 0 spiro atoms. The first-order valence-corrected chi connectivity index (χ1v) is 9.26. The Balaban J connectivity index is 1.64. The van der Waals surface area contributed by atoms with E-state index >= 15 is 0 Å². The van der Waals surface area contributed by atoms with Crippen molar-refractivity contribution in [3.05, 3.63) is 70.5 Å². The van der Waals surface area contributed by atoms with Crippen molar-refractivity contribution in [3.8, 4) is 11.4 Å². The van der Waals surface area contributed by atoms with Crippen molar-refractivity contribution >= 4 is 22.7 Å². The second-order valence-corrected chi connectivity index (χ2v) is 6.99. The molecule has 4 aromatic rings. The summed E-state index contributed by atoms with van der Waals surface area (Å²) in [4.78, 5) is 17.1. The number of fused-ring (bicyclic) bond motifs is 1. The quantitative estimate of drug-likeness (QED) is 0.508. The lowest BCUT2D eigenvalue weighted by molar-refractivity contribution is 0.628. The van der Waals surface area contributed by atoms with Gasteiger partial charge in [0, 0.05) is 14.1 Å². The predicted molar refractivity (Wildman–Crippen MR) is 103 cm³/mol. The molecule has 0 aliphatic rings. The standard InChI is InChI=1S/C19H16FN5OS/c1-24-16(21-15-10-6-4-8-13(15)18(24)26)11-27-19-23-22-17(25(19)2)12-7-3-5-9-14(12)20/h3-10H,11H2,1-2H3. The Labute approximate surface area is 158 Å². The Kier molecular flexibility index (Phi) is 4.49. The maximum atomic E-state index is 14.0. The fraction of sp³-hybridized carbons (Fsp3) is 0.158.